The quantitative estimate of drug-likeness (QED) is 0.670. The van der Waals surface area contributed by atoms with Crippen LogP contribution in [0.3, 0.4) is 0 Å². The monoisotopic (exact) mass is 208 g/mol. The number of nitrogens with zero attached hydrogens (tertiary/aromatic N) is 4. The molecule has 2 aromatic rings. The SMILES string of the molecule is CN(C)c1cnc2ccc(Cl)nc2n1. The molecule has 2 rings (SSSR count). The summed E-state index contributed by atoms with van der Waals surface area (Å²) in [6.45, 7) is 0. The van der Waals surface area contributed by atoms with E-state index < -0.39 is 0 Å². The highest BCUT2D eigenvalue weighted by Gasteiger charge is 2.02. The van der Waals surface area contributed by atoms with E-state index in [1.54, 1.807) is 18.3 Å². The summed E-state index contributed by atoms with van der Waals surface area (Å²) in [5, 5.41) is 0.433. The van der Waals surface area contributed by atoms with Gasteiger partial charge in [-0.2, -0.15) is 0 Å². The standard InChI is InChI=1S/C9H9ClN4/c1-14(2)8-5-11-6-3-4-7(10)12-9(6)13-8/h3-5H,1-2H3. The van der Waals surface area contributed by atoms with E-state index in [1.165, 1.54) is 0 Å². The van der Waals surface area contributed by atoms with Crippen molar-refractivity contribution in [1.29, 1.82) is 0 Å². The second-order valence-corrected chi connectivity index (χ2v) is 3.49. The van der Waals surface area contributed by atoms with Crippen LogP contribution in [0.4, 0.5) is 5.82 Å². The lowest BCUT2D eigenvalue weighted by molar-refractivity contribution is 1.05. The second-order valence-electron chi connectivity index (χ2n) is 3.10. The van der Waals surface area contributed by atoms with Crippen LogP contribution in [0, 0.1) is 0 Å². The van der Waals surface area contributed by atoms with Gasteiger partial charge in [0, 0.05) is 14.1 Å². The lowest BCUT2D eigenvalue weighted by Gasteiger charge is -2.10. The number of rotatable bonds is 1. The average Bonchev–Trinajstić information content (AvgIpc) is 2.16. The molecule has 5 heteroatoms. The molecule has 2 heterocycles. The van der Waals surface area contributed by atoms with Crippen LogP contribution in [-0.2, 0) is 0 Å². The minimum atomic E-state index is 0.433. The molecule has 0 unspecified atom stereocenters. The third-order valence-electron chi connectivity index (χ3n) is 1.82. The lowest BCUT2D eigenvalue weighted by atomic mass is 10.4. The first-order chi connectivity index (χ1) is 6.66. The summed E-state index contributed by atoms with van der Waals surface area (Å²) in [4.78, 5) is 14.5. The van der Waals surface area contributed by atoms with Gasteiger partial charge in [0.15, 0.2) is 5.65 Å². The Morgan fingerprint density at radius 3 is 2.71 bits per heavy atom. The predicted octanol–water partition coefficient (Wildman–Crippen LogP) is 1.74. The van der Waals surface area contributed by atoms with Crippen LogP contribution < -0.4 is 4.90 Å². The van der Waals surface area contributed by atoms with Crippen molar-refractivity contribution in [3.05, 3.63) is 23.5 Å². The van der Waals surface area contributed by atoms with Gasteiger partial charge in [-0.3, -0.25) is 0 Å². The Bertz CT molecular complexity index is 469. The van der Waals surface area contributed by atoms with Gasteiger partial charge in [-0.25, -0.2) is 15.0 Å². The van der Waals surface area contributed by atoms with Crippen molar-refractivity contribution in [3.63, 3.8) is 0 Å². The van der Waals surface area contributed by atoms with Crippen LogP contribution >= 0.6 is 11.6 Å². The highest BCUT2D eigenvalue weighted by Crippen LogP contribution is 2.14. The molecule has 0 aliphatic carbocycles. The predicted molar refractivity (Wildman–Crippen MR) is 56.7 cm³/mol. The van der Waals surface area contributed by atoms with E-state index in [9.17, 15) is 0 Å². The molecule has 72 valence electrons. The van der Waals surface area contributed by atoms with Gasteiger partial charge in [0.2, 0.25) is 0 Å². The van der Waals surface area contributed by atoms with E-state index in [2.05, 4.69) is 15.0 Å². The van der Waals surface area contributed by atoms with Crippen molar-refractivity contribution >= 4 is 28.6 Å². The molecule has 4 nitrogen and oxygen atoms in total. The first-order valence-electron chi connectivity index (χ1n) is 4.13. The molecule has 0 saturated carbocycles. The molecular formula is C9H9ClN4. The molecule has 0 aromatic carbocycles. The van der Waals surface area contributed by atoms with Gasteiger partial charge in [0.25, 0.3) is 0 Å². The average molecular weight is 209 g/mol. The molecule has 0 atom stereocenters. The van der Waals surface area contributed by atoms with Crippen LogP contribution in [0.15, 0.2) is 18.3 Å². The zero-order valence-corrected chi connectivity index (χ0v) is 8.65. The van der Waals surface area contributed by atoms with E-state index in [0.29, 0.717) is 10.8 Å². The molecular weight excluding hydrogens is 200 g/mol. The fourth-order valence-corrected chi connectivity index (χ4v) is 1.22. The molecule has 2 aromatic heterocycles. The number of fused-ring (bicyclic) bond motifs is 1. The maximum Gasteiger partial charge on any atom is 0.181 e. The molecule has 0 N–H and O–H groups in total. The Morgan fingerprint density at radius 1 is 1.21 bits per heavy atom. The van der Waals surface area contributed by atoms with Crippen molar-refractivity contribution in [2.45, 2.75) is 0 Å². The van der Waals surface area contributed by atoms with Gasteiger partial charge >= 0.3 is 0 Å². The Hall–Kier alpha value is -1.42. The van der Waals surface area contributed by atoms with Crippen LogP contribution in [0.2, 0.25) is 5.15 Å². The van der Waals surface area contributed by atoms with Crippen molar-refractivity contribution < 1.29 is 0 Å². The molecule has 0 saturated heterocycles. The molecule has 0 bridgehead atoms. The number of hydrogen-bond acceptors (Lipinski definition) is 4. The van der Waals surface area contributed by atoms with Crippen molar-refractivity contribution in [2.75, 3.05) is 19.0 Å². The Labute approximate surface area is 86.6 Å². The molecule has 0 aliphatic heterocycles. The third kappa shape index (κ3) is 1.61. The number of halogens is 1. The van der Waals surface area contributed by atoms with E-state index >= 15 is 0 Å². The summed E-state index contributed by atoms with van der Waals surface area (Å²) in [5.74, 6) is 0.771. The Morgan fingerprint density at radius 2 is 2.00 bits per heavy atom. The minimum absolute atomic E-state index is 0.433. The normalized spacial score (nSPS) is 10.5. The summed E-state index contributed by atoms with van der Waals surface area (Å²) in [7, 11) is 3.81. The van der Waals surface area contributed by atoms with E-state index in [1.807, 2.05) is 19.0 Å². The summed E-state index contributed by atoms with van der Waals surface area (Å²) >= 11 is 5.76. The maximum absolute atomic E-state index is 5.76. The van der Waals surface area contributed by atoms with Crippen molar-refractivity contribution in [2.24, 2.45) is 0 Å². The van der Waals surface area contributed by atoms with Gasteiger partial charge < -0.3 is 4.90 Å². The van der Waals surface area contributed by atoms with Crippen LogP contribution in [0.5, 0.6) is 0 Å². The van der Waals surface area contributed by atoms with Gasteiger partial charge in [0.05, 0.1) is 6.20 Å². The Balaban J connectivity index is 2.63. The van der Waals surface area contributed by atoms with Gasteiger partial charge in [-0.05, 0) is 12.1 Å². The van der Waals surface area contributed by atoms with Crippen LogP contribution in [-0.4, -0.2) is 29.0 Å². The fraction of sp³-hybridized carbons (Fsp3) is 0.222. The molecule has 14 heavy (non-hydrogen) atoms. The summed E-state index contributed by atoms with van der Waals surface area (Å²) in [5.41, 5.74) is 1.32. The summed E-state index contributed by atoms with van der Waals surface area (Å²) in [6, 6.07) is 3.50. The number of aromatic nitrogens is 3. The first-order valence-corrected chi connectivity index (χ1v) is 4.51. The van der Waals surface area contributed by atoms with E-state index in [4.69, 9.17) is 11.6 Å². The topological polar surface area (TPSA) is 41.9 Å². The van der Waals surface area contributed by atoms with Gasteiger partial charge in [-0.1, -0.05) is 11.6 Å². The number of hydrogen-bond donors (Lipinski definition) is 0. The molecule has 0 fully saturated rings. The van der Waals surface area contributed by atoms with Gasteiger partial charge in [0.1, 0.15) is 16.5 Å². The third-order valence-corrected chi connectivity index (χ3v) is 2.03. The van der Waals surface area contributed by atoms with E-state index in [0.717, 1.165) is 11.3 Å². The zero-order valence-electron chi connectivity index (χ0n) is 7.90. The highest BCUT2D eigenvalue weighted by atomic mass is 35.5. The fourth-order valence-electron chi connectivity index (χ4n) is 1.08. The zero-order chi connectivity index (χ0) is 10.1. The molecule has 0 radical (unpaired) electrons. The largest absolute Gasteiger partial charge is 0.361 e. The molecule has 0 aliphatic rings. The Kier molecular flexibility index (Phi) is 2.21. The van der Waals surface area contributed by atoms with Gasteiger partial charge in [-0.15, -0.1) is 0 Å². The summed E-state index contributed by atoms with van der Waals surface area (Å²) < 4.78 is 0. The van der Waals surface area contributed by atoms with Crippen LogP contribution in [0.1, 0.15) is 0 Å². The molecule has 0 spiro atoms. The highest BCUT2D eigenvalue weighted by molar-refractivity contribution is 6.29. The second kappa shape index (κ2) is 3.38. The van der Waals surface area contributed by atoms with E-state index in [-0.39, 0.29) is 0 Å². The smallest absolute Gasteiger partial charge is 0.181 e. The van der Waals surface area contributed by atoms with Crippen LogP contribution in [0.25, 0.3) is 11.2 Å². The van der Waals surface area contributed by atoms with Crippen molar-refractivity contribution in [1.82, 2.24) is 15.0 Å². The van der Waals surface area contributed by atoms with Crippen molar-refractivity contribution in [3.8, 4) is 0 Å². The number of pyridine rings is 1. The molecule has 0 amide bonds. The lowest BCUT2D eigenvalue weighted by Crippen LogP contribution is -2.11. The maximum atomic E-state index is 5.76. The number of anilines is 1. The minimum Gasteiger partial charge on any atom is -0.361 e. The summed E-state index contributed by atoms with van der Waals surface area (Å²) in [6.07, 6.45) is 1.71. The first kappa shape index (κ1) is 9.15.